The second-order valence-electron chi connectivity index (χ2n) is 4.02. The van der Waals surface area contributed by atoms with E-state index in [1.54, 1.807) is 0 Å². The standard InChI is InChI=1S/C12H20N2O/c1-4-5-8-13(2)10-12(15)11-7-6-9-14(11)3/h6-7,9H,4-5,8,10H2,1-3H3. The Kier molecular flexibility index (Phi) is 4.56. The van der Waals surface area contributed by atoms with Gasteiger partial charge in [-0.25, -0.2) is 0 Å². The minimum Gasteiger partial charge on any atom is -0.348 e. The molecule has 1 rings (SSSR count). The third-order valence-electron chi connectivity index (χ3n) is 2.54. The van der Waals surface area contributed by atoms with Crippen molar-refractivity contribution < 1.29 is 4.79 Å². The lowest BCUT2D eigenvalue weighted by atomic mass is 10.2. The number of aromatic nitrogens is 1. The topological polar surface area (TPSA) is 25.2 Å². The zero-order valence-electron chi connectivity index (χ0n) is 9.86. The molecule has 15 heavy (non-hydrogen) atoms. The van der Waals surface area contributed by atoms with Crippen molar-refractivity contribution in [2.45, 2.75) is 19.8 Å². The van der Waals surface area contributed by atoms with Gasteiger partial charge in [0.2, 0.25) is 0 Å². The summed E-state index contributed by atoms with van der Waals surface area (Å²) in [5.41, 5.74) is 0.790. The van der Waals surface area contributed by atoms with Crippen molar-refractivity contribution in [1.29, 1.82) is 0 Å². The van der Waals surface area contributed by atoms with E-state index in [1.165, 1.54) is 6.42 Å². The van der Waals surface area contributed by atoms with E-state index in [-0.39, 0.29) is 5.78 Å². The molecule has 3 heteroatoms. The summed E-state index contributed by atoms with van der Waals surface area (Å²) >= 11 is 0. The summed E-state index contributed by atoms with van der Waals surface area (Å²) in [6, 6.07) is 3.77. The average Bonchev–Trinajstić information content (AvgIpc) is 2.61. The molecule has 0 bridgehead atoms. The van der Waals surface area contributed by atoms with Gasteiger partial charge in [0.1, 0.15) is 0 Å². The fourth-order valence-corrected chi connectivity index (χ4v) is 1.58. The monoisotopic (exact) mass is 208 g/mol. The first kappa shape index (κ1) is 12.0. The summed E-state index contributed by atoms with van der Waals surface area (Å²) in [4.78, 5) is 13.9. The molecule has 0 saturated carbocycles. The number of Topliss-reactive ketones (excluding diaryl/α,β-unsaturated/α-hetero) is 1. The van der Waals surface area contributed by atoms with E-state index in [9.17, 15) is 4.79 Å². The number of unbranched alkanes of at least 4 members (excludes halogenated alkanes) is 1. The van der Waals surface area contributed by atoms with Crippen LogP contribution in [-0.4, -0.2) is 35.4 Å². The number of hydrogen-bond acceptors (Lipinski definition) is 2. The van der Waals surface area contributed by atoms with Gasteiger partial charge in [0.15, 0.2) is 5.78 Å². The minimum atomic E-state index is 0.195. The van der Waals surface area contributed by atoms with Gasteiger partial charge in [-0.3, -0.25) is 9.69 Å². The van der Waals surface area contributed by atoms with Crippen LogP contribution in [0, 0.1) is 0 Å². The van der Waals surface area contributed by atoms with Crippen molar-refractivity contribution in [2.24, 2.45) is 7.05 Å². The van der Waals surface area contributed by atoms with Crippen LogP contribution >= 0.6 is 0 Å². The van der Waals surface area contributed by atoms with Crippen LogP contribution in [0.5, 0.6) is 0 Å². The van der Waals surface area contributed by atoms with Gasteiger partial charge in [-0.05, 0) is 32.1 Å². The smallest absolute Gasteiger partial charge is 0.193 e. The molecule has 1 aromatic rings. The van der Waals surface area contributed by atoms with Crippen molar-refractivity contribution in [2.75, 3.05) is 20.1 Å². The third kappa shape index (κ3) is 3.51. The Morgan fingerprint density at radius 2 is 2.27 bits per heavy atom. The van der Waals surface area contributed by atoms with Crippen molar-refractivity contribution in [3.05, 3.63) is 24.0 Å². The SMILES string of the molecule is CCCCN(C)CC(=O)c1cccn1C. The Labute approximate surface area is 91.7 Å². The molecule has 0 spiro atoms. The Balaban J connectivity index is 2.46. The fourth-order valence-electron chi connectivity index (χ4n) is 1.58. The van der Waals surface area contributed by atoms with Gasteiger partial charge < -0.3 is 4.57 Å². The molecular weight excluding hydrogens is 188 g/mol. The molecule has 0 saturated heterocycles. The molecule has 0 aliphatic rings. The average molecular weight is 208 g/mol. The van der Waals surface area contributed by atoms with E-state index in [2.05, 4.69) is 11.8 Å². The summed E-state index contributed by atoms with van der Waals surface area (Å²) < 4.78 is 1.87. The zero-order valence-corrected chi connectivity index (χ0v) is 9.86. The van der Waals surface area contributed by atoms with Crippen molar-refractivity contribution in [3.63, 3.8) is 0 Å². The maximum atomic E-state index is 11.8. The van der Waals surface area contributed by atoms with Crippen molar-refractivity contribution >= 4 is 5.78 Å². The molecule has 0 amide bonds. The normalized spacial score (nSPS) is 10.9. The Hall–Kier alpha value is -1.09. The van der Waals surface area contributed by atoms with E-state index in [1.807, 2.05) is 37.0 Å². The van der Waals surface area contributed by atoms with E-state index >= 15 is 0 Å². The fraction of sp³-hybridized carbons (Fsp3) is 0.583. The Morgan fingerprint density at radius 1 is 1.53 bits per heavy atom. The summed E-state index contributed by atoms with van der Waals surface area (Å²) in [5.74, 6) is 0.195. The Morgan fingerprint density at radius 3 is 2.80 bits per heavy atom. The van der Waals surface area contributed by atoms with Crippen LogP contribution in [0.15, 0.2) is 18.3 Å². The molecule has 0 aliphatic heterocycles. The lowest BCUT2D eigenvalue weighted by Gasteiger charge is -2.15. The van der Waals surface area contributed by atoms with Crippen LogP contribution in [0.3, 0.4) is 0 Å². The maximum absolute atomic E-state index is 11.8. The molecule has 0 fully saturated rings. The maximum Gasteiger partial charge on any atom is 0.193 e. The second kappa shape index (κ2) is 5.71. The third-order valence-corrected chi connectivity index (χ3v) is 2.54. The number of carbonyl (C=O) groups is 1. The largest absolute Gasteiger partial charge is 0.348 e. The molecule has 1 aromatic heterocycles. The molecule has 0 aliphatic carbocycles. The molecular formula is C12H20N2O. The number of carbonyl (C=O) groups excluding carboxylic acids is 1. The van der Waals surface area contributed by atoms with Gasteiger partial charge in [0.25, 0.3) is 0 Å². The highest BCUT2D eigenvalue weighted by Crippen LogP contribution is 2.02. The molecule has 84 valence electrons. The first-order valence-corrected chi connectivity index (χ1v) is 5.48. The highest BCUT2D eigenvalue weighted by Gasteiger charge is 2.10. The number of rotatable bonds is 6. The van der Waals surface area contributed by atoms with Crippen LogP contribution in [-0.2, 0) is 7.05 Å². The van der Waals surface area contributed by atoms with Crippen LogP contribution in [0.2, 0.25) is 0 Å². The molecule has 1 heterocycles. The number of nitrogens with zero attached hydrogens (tertiary/aromatic N) is 2. The van der Waals surface area contributed by atoms with E-state index in [0.29, 0.717) is 6.54 Å². The summed E-state index contributed by atoms with van der Waals surface area (Å²) in [6.45, 7) is 3.66. The second-order valence-corrected chi connectivity index (χ2v) is 4.02. The van der Waals surface area contributed by atoms with Crippen LogP contribution in [0.25, 0.3) is 0 Å². The molecule has 3 nitrogen and oxygen atoms in total. The predicted octanol–water partition coefficient (Wildman–Crippen LogP) is 1.94. The van der Waals surface area contributed by atoms with Gasteiger partial charge in [0.05, 0.1) is 12.2 Å². The minimum absolute atomic E-state index is 0.195. The van der Waals surface area contributed by atoms with Gasteiger partial charge in [-0.2, -0.15) is 0 Å². The van der Waals surface area contributed by atoms with E-state index in [0.717, 1.165) is 18.7 Å². The molecule has 0 radical (unpaired) electrons. The van der Waals surface area contributed by atoms with Gasteiger partial charge >= 0.3 is 0 Å². The summed E-state index contributed by atoms with van der Waals surface area (Å²) in [7, 11) is 3.90. The number of ketones is 1. The van der Waals surface area contributed by atoms with Crippen LogP contribution < -0.4 is 0 Å². The molecule has 0 aromatic carbocycles. The number of hydrogen-bond donors (Lipinski definition) is 0. The van der Waals surface area contributed by atoms with Crippen LogP contribution in [0.1, 0.15) is 30.3 Å². The molecule has 0 N–H and O–H groups in total. The van der Waals surface area contributed by atoms with Gasteiger partial charge in [-0.1, -0.05) is 13.3 Å². The predicted molar refractivity (Wildman–Crippen MR) is 62.1 cm³/mol. The van der Waals surface area contributed by atoms with Gasteiger partial charge in [0, 0.05) is 13.2 Å². The summed E-state index contributed by atoms with van der Waals surface area (Å²) in [5, 5.41) is 0. The van der Waals surface area contributed by atoms with Gasteiger partial charge in [-0.15, -0.1) is 0 Å². The lowest BCUT2D eigenvalue weighted by Crippen LogP contribution is -2.27. The first-order valence-electron chi connectivity index (χ1n) is 5.48. The Bertz CT molecular complexity index is 317. The molecule has 0 unspecified atom stereocenters. The highest BCUT2D eigenvalue weighted by atomic mass is 16.1. The summed E-state index contributed by atoms with van der Waals surface area (Å²) in [6.07, 6.45) is 4.22. The highest BCUT2D eigenvalue weighted by molar-refractivity contribution is 5.96. The zero-order chi connectivity index (χ0) is 11.3. The van der Waals surface area contributed by atoms with Crippen molar-refractivity contribution in [3.8, 4) is 0 Å². The lowest BCUT2D eigenvalue weighted by molar-refractivity contribution is 0.0937. The van der Waals surface area contributed by atoms with E-state index in [4.69, 9.17) is 0 Å². The van der Waals surface area contributed by atoms with Crippen molar-refractivity contribution in [1.82, 2.24) is 9.47 Å². The number of aryl methyl sites for hydroxylation is 1. The van der Waals surface area contributed by atoms with Crippen LogP contribution in [0.4, 0.5) is 0 Å². The van der Waals surface area contributed by atoms with E-state index < -0.39 is 0 Å². The molecule has 0 atom stereocenters. The number of likely N-dealkylation sites (N-methyl/N-ethyl adjacent to an activating group) is 1. The first-order chi connectivity index (χ1) is 7.15. The quantitative estimate of drug-likeness (QED) is 0.667.